The van der Waals surface area contributed by atoms with Crippen molar-refractivity contribution in [2.45, 2.75) is 0 Å². The van der Waals surface area contributed by atoms with Crippen molar-refractivity contribution in [1.82, 2.24) is 5.43 Å². The Labute approximate surface area is 178 Å². The monoisotopic (exact) mass is 506 g/mol. The molecule has 8 heteroatoms. The molecule has 28 heavy (non-hydrogen) atoms. The van der Waals surface area contributed by atoms with Crippen LogP contribution >= 0.6 is 31.9 Å². The number of hydrazone groups is 1. The van der Waals surface area contributed by atoms with E-state index in [2.05, 4.69) is 42.4 Å². The Kier molecular flexibility index (Phi) is 6.21. The molecule has 0 fully saturated rings. The van der Waals surface area contributed by atoms with Gasteiger partial charge in [-0.1, -0.05) is 12.1 Å². The van der Waals surface area contributed by atoms with Crippen molar-refractivity contribution in [2.75, 3.05) is 14.2 Å². The topological polar surface area (TPSA) is 80.2 Å². The lowest BCUT2D eigenvalue weighted by molar-refractivity contribution is 0.0955. The fraction of sp³-hybridized carbons (Fsp3) is 0.100. The molecule has 0 spiro atoms. The van der Waals surface area contributed by atoms with Gasteiger partial charge in [0.25, 0.3) is 5.91 Å². The van der Waals surface area contributed by atoms with Gasteiger partial charge in [0.1, 0.15) is 17.2 Å². The van der Waals surface area contributed by atoms with Crippen LogP contribution in [0.4, 0.5) is 0 Å². The predicted octanol–water partition coefficient (Wildman–Crippen LogP) is 4.85. The molecule has 1 amide bonds. The number of nitrogens with zero attached hydrogens (tertiary/aromatic N) is 1. The van der Waals surface area contributed by atoms with Crippen LogP contribution in [0.5, 0.6) is 17.2 Å². The average Bonchev–Trinajstić information content (AvgIpc) is 2.71. The predicted molar refractivity (Wildman–Crippen MR) is 116 cm³/mol. The van der Waals surface area contributed by atoms with Crippen LogP contribution in [0.25, 0.3) is 10.8 Å². The fourth-order valence-corrected chi connectivity index (χ4v) is 3.84. The van der Waals surface area contributed by atoms with Crippen LogP contribution in [-0.4, -0.2) is 31.4 Å². The second kappa shape index (κ2) is 8.62. The largest absolute Gasteiger partial charge is 0.506 e. The van der Waals surface area contributed by atoms with E-state index in [0.717, 1.165) is 10.8 Å². The standard InChI is InChI=1S/C20H16Br2N2O4/c1-27-13-5-3-11-4-6-18(28-2)15(14(11)9-13)10-23-24-20(26)12-7-16(21)19(25)17(22)8-12/h3-10,25H,1-2H3,(H,24,26)/b23-10-. The summed E-state index contributed by atoms with van der Waals surface area (Å²) < 4.78 is 11.5. The van der Waals surface area contributed by atoms with Crippen molar-refractivity contribution in [1.29, 1.82) is 0 Å². The minimum Gasteiger partial charge on any atom is -0.506 e. The average molecular weight is 508 g/mol. The molecule has 0 saturated heterocycles. The Bertz CT molecular complexity index is 1050. The number of phenols is 1. The van der Waals surface area contributed by atoms with Crippen molar-refractivity contribution in [3.05, 3.63) is 62.5 Å². The lowest BCUT2D eigenvalue weighted by Gasteiger charge is -2.10. The lowest BCUT2D eigenvalue weighted by atomic mass is 10.0. The number of aromatic hydroxyl groups is 1. The molecule has 0 aliphatic carbocycles. The van der Waals surface area contributed by atoms with E-state index in [-0.39, 0.29) is 5.75 Å². The van der Waals surface area contributed by atoms with Crippen molar-refractivity contribution in [3.63, 3.8) is 0 Å². The second-order valence-electron chi connectivity index (χ2n) is 5.76. The van der Waals surface area contributed by atoms with Gasteiger partial charge in [0.05, 0.1) is 29.4 Å². The summed E-state index contributed by atoms with van der Waals surface area (Å²) in [5.74, 6) is 0.927. The van der Waals surface area contributed by atoms with E-state index in [0.29, 0.717) is 31.6 Å². The first-order valence-electron chi connectivity index (χ1n) is 8.10. The zero-order valence-electron chi connectivity index (χ0n) is 15.0. The highest BCUT2D eigenvalue weighted by Crippen LogP contribution is 2.33. The first-order valence-corrected chi connectivity index (χ1v) is 9.69. The van der Waals surface area contributed by atoms with Crippen LogP contribution in [0.3, 0.4) is 0 Å². The highest BCUT2D eigenvalue weighted by molar-refractivity contribution is 9.11. The number of hydrogen-bond donors (Lipinski definition) is 2. The molecule has 0 radical (unpaired) electrons. The molecular weight excluding hydrogens is 492 g/mol. The molecule has 0 aliphatic rings. The van der Waals surface area contributed by atoms with Crippen LogP contribution < -0.4 is 14.9 Å². The van der Waals surface area contributed by atoms with Gasteiger partial charge >= 0.3 is 0 Å². The zero-order valence-corrected chi connectivity index (χ0v) is 18.2. The Morgan fingerprint density at radius 3 is 2.39 bits per heavy atom. The maximum absolute atomic E-state index is 12.4. The molecule has 3 aromatic carbocycles. The smallest absolute Gasteiger partial charge is 0.271 e. The fourth-order valence-electron chi connectivity index (χ4n) is 2.66. The number of carbonyl (C=O) groups excluding carboxylic acids is 1. The van der Waals surface area contributed by atoms with E-state index in [1.54, 1.807) is 14.2 Å². The van der Waals surface area contributed by atoms with Crippen LogP contribution in [0, 0.1) is 0 Å². The number of halogens is 2. The van der Waals surface area contributed by atoms with Gasteiger partial charge in [-0.2, -0.15) is 5.10 Å². The highest BCUT2D eigenvalue weighted by Gasteiger charge is 2.12. The van der Waals surface area contributed by atoms with E-state index in [1.807, 2.05) is 30.3 Å². The molecule has 0 heterocycles. The number of nitrogens with one attached hydrogen (secondary N) is 1. The Morgan fingerprint density at radius 2 is 1.75 bits per heavy atom. The van der Waals surface area contributed by atoms with Crippen molar-refractivity contribution in [3.8, 4) is 17.2 Å². The Morgan fingerprint density at radius 1 is 1.07 bits per heavy atom. The van der Waals surface area contributed by atoms with Crippen LogP contribution in [0.2, 0.25) is 0 Å². The van der Waals surface area contributed by atoms with E-state index in [9.17, 15) is 9.90 Å². The van der Waals surface area contributed by atoms with Gasteiger partial charge in [0, 0.05) is 11.1 Å². The molecule has 3 rings (SSSR count). The van der Waals surface area contributed by atoms with Crippen LogP contribution in [0.1, 0.15) is 15.9 Å². The Balaban J connectivity index is 1.91. The molecular formula is C20H16Br2N2O4. The maximum Gasteiger partial charge on any atom is 0.271 e. The van der Waals surface area contributed by atoms with Gasteiger partial charge in [0.2, 0.25) is 0 Å². The minimum atomic E-state index is -0.422. The quantitative estimate of drug-likeness (QED) is 0.382. The summed E-state index contributed by atoms with van der Waals surface area (Å²) in [6, 6.07) is 12.5. The number of rotatable bonds is 5. The molecule has 0 aromatic heterocycles. The summed E-state index contributed by atoms with van der Waals surface area (Å²) in [5.41, 5.74) is 3.53. The summed E-state index contributed by atoms with van der Waals surface area (Å²) in [4.78, 5) is 12.4. The number of phenolic OH excluding ortho intramolecular Hbond substituents is 1. The number of carbonyl (C=O) groups is 1. The normalized spacial score (nSPS) is 11.0. The first-order chi connectivity index (χ1) is 13.4. The highest BCUT2D eigenvalue weighted by atomic mass is 79.9. The van der Waals surface area contributed by atoms with Gasteiger partial charge in [-0.15, -0.1) is 0 Å². The number of hydrogen-bond acceptors (Lipinski definition) is 5. The number of benzene rings is 3. The lowest BCUT2D eigenvalue weighted by Crippen LogP contribution is -2.17. The molecule has 6 nitrogen and oxygen atoms in total. The van der Waals surface area contributed by atoms with E-state index >= 15 is 0 Å². The third-order valence-corrected chi connectivity index (χ3v) is 5.30. The van der Waals surface area contributed by atoms with Crippen molar-refractivity contribution >= 4 is 54.8 Å². The number of fused-ring (bicyclic) bond motifs is 1. The summed E-state index contributed by atoms with van der Waals surface area (Å²) in [6.07, 6.45) is 1.53. The SMILES string of the molecule is COc1ccc2ccc(OC)c(/C=N\NC(=O)c3cc(Br)c(O)c(Br)c3)c2c1. The third kappa shape index (κ3) is 4.13. The van der Waals surface area contributed by atoms with Gasteiger partial charge in [-0.3, -0.25) is 4.79 Å². The summed E-state index contributed by atoms with van der Waals surface area (Å²) in [6.45, 7) is 0. The molecule has 3 aromatic rings. The van der Waals surface area contributed by atoms with E-state index in [4.69, 9.17) is 9.47 Å². The molecule has 2 N–H and O–H groups in total. The summed E-state index contributed by atoms with van der Waals surface area (Å²) in [7, 11) is 3.17. The summed E-state index contributed by atoms with van der Waals surface area (Å²) in [5, 5.41) is 15.7. The number of amides is 1. The number of methoxy groups -OCH3 is 2. The summed E-state index contributed by atoms with van der Waals surface area (Å²) >= 11 is 6.41. The molecule has 144 valence electrons. The number of ether oxygens (including phenoxy) is 2. The van der Waals surface area contributed by atoms with E-state index in [1.165, 1.54) is 18.3 Å². The molecule has 0 atom stereocenters. The van der Waals surface area contributed by atoms with E-state index < -0.39 is 5.91 Å². The Hall–Kier alpha value is -2.58. The van der Waals surface area contributed by atoms with Gasteiger partial charge in [-0.05, 0) is 73.0 Å². The molecule has 0 bridgehead atoms. The van der Waals surface area contributed by atoms with Crippen LogP contribution in [0.15, 0.2) is 56.5 Å². The minimum absolute atomic E-state index is 0.0227. The van der Waals surface area contributed by atoms with Gasteiger partial charge in [0.15, 0.2) is 0 Å². The first kappa shape index (κ1) is 20.2. The zero-order chi connectivity index (χ0) is 20.3. The molecule has 0 saturated carbocycles. The van der Waals surface area contributed by atoms with Crippen LogP contribution in [-0.2, 0) is 0 Å². The maximum atomic E-state index is 12.4. The van der Waals surface area contributed by atoms with Gasteiger partial charge < -0.3 is 14.6 Å². The second-order valence-corrected chi connectivity index (χ2v) is 7.46. The third-order valence-electron chi connectivity index (χ3n) is 4.09. The molecule has 0 aliphatic heterocycles. The molecule has 0 unspecified atom stereocenters. The van der Waals surface area contributed by atoms with Crippen molar-refractivity contribution < 1.29 is 19.4 Å². The van der Waals surface area contributed by atoms with Gasteiger partial charge in [-0.25, -0.2) is 5.43 Å². The van der Waals surface area contributed by atoms with Crippen molar-refractivity contribution in [2.24, 2.45) is 5.10 Å².